The van der Waals surface area contributed by atoms with Crippen LogP contribution in [0.2, 0.25) is 0 Å². The minimum Gasteiger partial charge on any atom is -0.478 e. The number of carboxylic acid groups (broad SMARTS) is 1. The molecule has 88 valence electrons. The van der Waals surface area contributed by atoms with E-state index in [4.69, 9.17) is 5.11 Å². The molecule has 2 aromatic heterocycles. The highest BCUT2D eigenvalue weighted by molar-refractivity contribution is 8.01. The number of thiazole rings is 1. The Bertz CT molecular complexity index is 540. The molecular weight excluding hydrogens is 256 g/mol. The van der Waals surface area contributed by atoms with Crippen LogP contribution in [0.4, 0.5) is 0 Å². The lowest BCUT2D eigenvalue weighted by Gasteiger charge is -1.98. The molecular formula is C11H10N2O2S2. The molecule has 0 saturated carbocycles. The van der Waals surface area contributed by atoms with Crippen molar-refractivity contribution < 1.29 is 9.90 Å². The van der Waals surface area contributed by atoms with E-state index >= 15 is 0 Å². The van der Waals surface area contributed by atoms with E-state index in [-0.39, 0.29) is 5.56 Å². The summed E-state index contributed by atoms with van der Waals surface area (Å²) in [6.45, 7) is 2.05. The van der Waals surface area contributed by atoms with Gasteiger partial charge in [-0.1, -0.05) is 6.92 Å². The van der Waals surface area contributed by atoms with Crippen LogP contribution >= 0.6 is 23.1 Å². The van der Waals surface area contributed by atoms with Gasteiger partial charge in [0.25, 0.3) is 0 Å². The maximum Gasteiger partial charge on any atom is 0.335 e. The molecule has 0 saturated heterocycles. The SMILES string of the molecule is CCc1csc(Sc2cc(C(=O)O)ccn2)n1. The molecule has 17 heavy (non-hydrogen) atoms. The maximum atomic E-state index is 10.8. The lowest BCUT2D eigenvalue weighted by atomic mass is 10.3. The summed E-state index contributed by atoms with van der Waals surface area (Å²) >= 11 is 2.94. The number of aryl methyl sites for hydroxylation is 1. The predicted octanol–water partition coefficient (Wildman–Crippen LogP) is 2.95. The van der Waals surface area contributed by atoms with Crippen molar-refractivity contribution in [3.05, 3.63) is 35.0 Å². The van der Waals surface area contributed by atoms with E-state index in [2.05, 4.69) is 9.97 Å². The average Bonchev–Trinajstić information content (AvgIpc) is 2.77. The van der Waals surface area contributed by atoms with Crippen LogP contribution in [0.3, 0.4) is 0 Å². The normalized spacial score (nSPS) is 10.4. The third kappa shape index (κ3) is 3.04. The van der Waals surface area contributed by atoms with Gasteiger partial charge in [0, 0.05) is 11.6 Å². The van der Waals surface area contributed by atoms with Crippen molar-refractivity contribution in [2.45, 2.75) is 22.7 Å². The van der Waals surface area contributed by atoms with Crippen LogP contribution in [0.25, 0.3) is 0 Å². The Morgan fingerprint density at radius 3 is 3.06 bits per heavy atom. The molecule has 0 fully saturated rings. The first kappa shape index (κ1) is 12.1. The molecule has 0 aliphatic heterocycles. The zero-order chi connectivity index (χ0) is 12.3. The van der Waals surface area contributed by atoms with Crippen molar-refractivity contribution in [2.75, 3.05) is 0 Å². The van der Waals surface area contributed by atoms with Crippen molar-refractivity contribution in [1.82, 2.24) is 9.97 Å². The van der Waals surface area contributed by atoms with Gasteiger partial charge in [-0.3, -0.25) is 0 Å². The van der Waals surface area contributed by atoms with Crippen LogP contribution in [0.5, 0.6) is 0 Å². The highest BCUT2D eigenvalue weighted by atomic mass is 32.2. The van der Waals surface area contributed by atoms with Crippen molar-refractivity contribution >= 4 is 29.1 Å². The molecule has 6 heteroatoms. The summed E-state index contributed by atoms with van der Waals surface area (Å²) in [4.78, 5) is 19.3. The molecule has 0 spiro atoms. The number of aromatic nitrogens is 2. The summed E-state index contributed by atoms with van der Waals surface area (Å²) in [5.74, 6) is -0.942. The molecule has 0 amide bonds. The number of hydrogen-bond acceptors (Lipinski definition) is 5. The Morgan fingerprint density at radius 2 is 2.41 bits per heavy atom. The van der Waals surface area contributed by atoms with Gasteiger partial charge in [0.1, 0.15) is 5.03 Å². The number of nitrogens with zero attached hydrogens (tertiary/aromatic N) is 2. The largest absolute Gasteiger partial charge is 0.478 e. The highest BCUT2D eigenvalue weighted by Gasteiger charge is 2.07. The van der Waals surface area contributed by atoms with Crippen molar-refractivity contribution in [3.8, 4) is 0 Å². The van der Waals surface area contributed by atoms with Gasteiger partial charge >= 0.3 is 5.97 Å². The quantitative estimate of drug-likeness (QED) is 0.921. The molecule has 0 bridgehead atoms. The molecule has 0 radical (unpaired) electrons. The third-order valence-corrected chi connectivity index (χ3v) is 3.99. The van der Waals surface area contributed by atoms with E-state index in [9.17, 15) is 4.79 Å². The van der Waals surface area contributed by atoms with Gasteiger partial charge < -0.3 is 5.11 Å². The van der Waals surface area contributed by atoms with Crippen LogP contribution in [0.15, 0.2) is 33.1 Å². The molecule has 1 N–H and O–H groups in total. The summed E-state index contributed by atoms with van der Waals surface area (Å²) in [6, 6.07) is 3.03. The first-order valence-electron chi connectivity index (χ1n) is 5.00. The van der Waals surface area contributed by atoms with E-state index in [1.807, 2.05) is 12.3 Å². The fraction of sp³-hybridized carbons (Fsp3) is 0.182. The van der Waals surface area contributed by atoms with Gasteiger partial charge in [-0.15, -0.1) is 11.3 Å². The Kier molecular flexibility index (Phi) is 3.75. The molecule has 0 aliphatic rings. The second-order valence-electron chi connectivity index (χ2n) is 3.25. The zero-order valence-electron chi connectivity index (χ0n) is 9.08. The molecule has 2 rings (SSSR count). The molecule has 0 unspecified atom stereocenters. The van der Waals surface area contributed by atoms with Crippen LogP contribution < -0.4 is 0 Å². The Morgan fingerprint density at radius 1 is 1.59 bits per heavy atom. The Balaban J connectivity index is 2.18. The number of carbonyl (C=O) groups is 1. The molecule has 4 nitrogen and oxygen atoms in total. The van der Waals surface area contributed by atoms with E-state index in [1.54, 1.807) is 17.4 Å². The number of aromatic carboxylic acids is 1. The molecule has 0 atom stereocenters. The summed E-state index contributed by atoms with van der Waals surface area (Å²) < 4.78 is 0.886. The van der Waals surface area contributed by atoms with E-state index in [0.29, 0.717) is 5.03 Å². The topological polar surface area (TPSA) is 63.1 Å². The Hall–Kier alpha value is -1.40. The highest BCUT2D eigenvalue weighted by Crippen LogP contribution is 2.29. The number of hydrogen-bond donors (Lipinski definition) is 1. The Labute approximate surface area is 107 Å². The van der Waals surface area contributed by atoms with Gasteiger partial charge in [-0.25, -0.2) is 14.8 Å². The van der Waals surface area contributed by atoms with Gasteiger partial charge in [-0.05, 0) is 30.3 Å². The van der Waals surface area contributed by atoms with E-state index < -0.39 is 5.97 Å². The van der Waals surface area contributed by atoms with Gasteiger partial charge in [0.15, 0.2) is 4.34 Å². The molecule has 2 heterocycles. The summed E-state index contributed by atoms with van der Waals surface area (Å²) in [5, 5.41) is 11.5. The minimum atomic E-state index is -0.942. The van der Waals surface area contributed by atoms with E-state index in [1.165, 1.54) is 24.0 Å². The first-order valence-corrected chi connectivity index (χ1v) is 6.70. The molecule has 0 aromatic carbocycles. The van der Waals surface area contributed by atoms with Gasteiger partial charge in [-0.2, -0.15) is 0 Å². The summed E-state index contributed by atoms with van der Waals surface area (Å²) in [7, 11) is 0. The smallest absolute Gasteiger partial charge is 0.335 e. The van der Waals surface area contributed by atoms with Crippen molar-refractivity contribution in [3.63, 3.8) is 0 Å². The lowest BCUT2D eigenvalue weighted by Crippen LogP contribution is -1.96. The average molecular weight is 266 g/mol. The maximum absolute atomic E-state index is 10.8. The van der Waals surface area contributed by atoms with Gasteiger partial charge in [0.2, 0.25) is 0 Å². The summed E-state index contributed by atoms with van der Waals surface area (Å²) in [6.07, 6.45) is 2.40. The lowest BCUT2D eigenvalue weighted by molar-refractivity contribution is 0.0696. The van der Waals surface area contributed by atoms with Crippen LogP contribution in [-0.2, 0) is 6.42 Å². The van der Waals surface area contributed by atoms with E-state index in [0.717, 1.165) is 16.5 Å². The monoisotopic (exact) mass is 266 g/mol. The number of rotatable bonds is 4. The van der Waals surface area contributed by atoms with Gasteiger partial charge in [0.05, 0.1) is 11.3 Å². The van der Waals surface area contributed by atoms with Crippen LogP contribution in [-0.4, -0.2) is 21.0 Å². The van der Waals surface area contributed by atoms with Crippen LogP contribution in [0, 0.1) is 0 Å². The standard InChI is InChI=1S/C11H10N2O2S2/c1-2-8-6-16-11(13-8)17-9-5-7(10(14)15)3-4-12-9/h3-6H,2H2,1H3,(H,14,15). The fourth-order valence-corrected chi connectivity index (χ4v) is 3.05. The van der Waals surface area contributed by atoms with Crippen molar-refractivity contribution in [2.24, 2.45) is 0 Å². The number of carboxylic acids is 1. The zero-order valence-corrected chi connectivity index (χ0v) is 10.7. The first-order chi connectivity index (χ1) is 8.19. The molecule has 2 aromatic rings. The predicted molar refractivity (Wildman–Crippen MR) is 66.8 cm³/mol. The second kappa shape index (κ2) is 5.29. The summed E-state index contributed by atoms with van der Waals surface area (Å²) in [5.41, 5.74) is 1.29. The fourth-order valence-electron chi connectivity index (χ4n) is 1.19. The minimum absolute atomic E-state index is 0.245. The third-order valence-electron chi connectivity index (χ3n) is 2.07. The van der Waals surface area contributed by atoms with Crippen molar-refractivity contribution in [1.29, 1.82) is 0 Å². The van der Waals surface area contributed by atoms with Crippen LogP contribution in [0.1, 0.15) is 23.0 Å². The number of pyridine rings is 1. The second-order valence-corrected chi connectivity index (χ2v) is 5.37. The molecule has 0 aliphatic carbocycles.